The van der Waals surface area contributed by atoms with Crippen LogP contribution in [0.3, 0.4) is 0 Å². The molecule has 0 N–H and O–H groups in total. The lowest BCUT2D eigenvalue weighted by Crippen LogP contribution is -2.52. The van der Waals surface area contributed by atoms with Crippen LogP contribution in [-0.4, -0.2) is 35.3 Å². The van der Waals surface area contributed by atoms with Crippen LogP contribution in [0.15, 0.2) is 58.3 Å². The van der Waals surface area contributed by atoms with Crippen LogP contribution in [0.1, 0.15) is 19.3 Å². The number of hydrogen-bond donors (Lipinski definition) is 0. The second-order valence-corrected chi connectivity index (χ2v) is 8.80. The molecule has 4 aliphatic heterocycles. The Balaban J connectivity index is 1.60. The number of anilines is 2. The van der Waals surface area contributed by atoms with Crippen molar-refractivity contribution in [2.24, 2.45) is 5.41 Å². The highest BCUT2D eigenvalue weighted by molar-refractivity contribution is 7.85. The largest absolute Gasteiger partial charge is 0.339 e. The number of hydrogen-bond acceptors (Lipinski definition) is 3. The third kappa shape index (κ3) is 2.16. The number of benzene rings is 2. The van der Waals surface area contributed by atoms with Gasteiger partial charge >= 0.3 is 0 Å². The highest BCUT2D eigenvalue weighted by atomic mass is 32.2. The molecule has 0 spiro atoms. The smallest absolute Gasteiger partial charge is 0.0892 e. The standard InChI is InChI=1S/C20H22N2OS/c23-24-18-7-3-1-5-16(18)22(17-6-2-4-8-19(17)24)15-20-9-12-21(13-10-20)14-11-20/h1-8H,9-15H2. The summed E-state index contributed by atoms with van der Waals surface area (Å²) in [6, 6.07) is 16.5. The van der Waals surface area contributed by atoms with E-state index in [4.69, 9.17) is 0 Å². The van der Waals surface area contributed by atoms with E-state index in [-0.39, 0.29) is 0 Å². The van der Waals surface area contributed by atoms with E-state index in [0.717, 1.165) is 27.7 Å². The van der Waals surface area contributed by atoms with Crippen LogP contribution < -0.4 is 4.90 Å². The summed E-state index contributed by atoms with van der Waals surface area (Å²) in [5.41, 5.74) is 2.68. The SMILES string of the molecule is O=S1c2ccccc2N(CC23CCN(CC2)CC3)c2ccccc21. The van der Waals surface area contributed by atoms with Gasteiger partial charge < -0.3 is 9.80 Å². The molecule has 0 atom stereocenters. The normalized spacial score (nSPS) is 28.5. The molecular weight excluding hydrogens is 316 g/mol. The first-order valence-electron chi connectivity index (χ1n) is 8.86. The van der Waals surface area contributed by atoms with E-state index in [1.807, 2.05) is 24.3 Å². The average Bonchev–Trinajstić information content (AvgIpc) is 2.67. The summed E-state index contributed by atoms with van der Waals surface area (Å²) in [7, 11) is -1.07. The summed E-state index contributed by atoms with van der Waals surface area (Å²) in [5.74, 6) is 0. The number of piperidine rings is 3. The Hall–Kier alpha value is -1.65. The minimum atomic E-state index is -1.07. The Morgan fingerprint density at radius 1 is 0.833 bits per heavy atom. The van der Waals surface area contributed by atoms with E-state index in [9.17, 15) is 4.21 Å². The van der Waals surface area contributed by atoms with Crippen LogP contribution in [0.2, 0.25) is 0 Å². The van der Waals surface area contributed by atoms with Gasteiger partial charge in [0.25, 0.3) is 0 Å². The number of para-hydroxylation sites is 2. The number of nitrogens with zero attached hydrogens (tertiary/aromatic N) is 2. The van der Waals surface area contributed by atoms with Gasteiger partial charge in [0.05, 0.1) is 32.0 Å². The van der Waals surface area contributed by atoms with Gasteiger partial charge in [0.2, 0.25) is 0 Å². The molecule has 0 amide bonds. The summed E-state index contributed by atoms with van der Waals surface area (Å²) >= 11 is 0. The molecule has 24 heavy (non-hydrogen) atoms. The Kier molecular flexibility index (Phi) is 3.32. The molecule has 4 heteroatoms. The second kappa shape index (κ2) is 5.43. The summed E-state index contributed by atoms with van der Waals surface area (Å²) in [4.78, 5) is 6.96. The molecule has 2 aromatic rings. The molecule has 0 unspecified atom stereocenters. The van der Waals surface area contributed by atoms with E-state index in [0.29, 0.717) is 5.41 Å². The van der Waals surface area contributed by atoms with E-state index < -0.39 is 10.8 Å². The van der Waals surface area contributed by atoms with Crippen LogP contribution in [0.25, 0.3) is 0 Å². The van der Waals surface area contributed by atoms with Gasteiger partial charge in [0, 0.05) is 6.54 Å². The maximum atomic E-state index is 13.0. The Bertz CT molecular complexity index is 748. The fourth-order valence-electron chi connectivity index (χ4n) is 4.56. The maximum Gasteiger partial charge on any atom is 0.0892 e. The summed E-state index contributed by atoms with van der Waals surface area (Å²) in [6.07, 6.45) is 3.87. The predicted molar refractivity (Wildman–Crippen MR) is 97.3 cm³/mol. The molecule has 4 aliphatic rings. The van der Waals surface area contributed by atoms with E-state index in [1.54, 1.807) is 0 Å². The molecule has 3 fully saturated rings. The quantitative estimate of drug-likeness (QED) is 0.832. The van der Waals surface area contributed by atoms with Gasteiger partial charge in [-0.15, -0.1) is 0 Å². The van der Waals surface area contributed by atoms with Crippen molar-refractivity contribution in [3.8, 4) is 0 Å². The van der Waals surface area contributed by atoms with Gasteiger partial charge in [-0.25, -0.2) is 4.21 Å². The topological polar surface area (TPSA) is 23.6 Å². The fourth-order valence-corrected chi connectivity index (χ4v) is 5.94. The van der Waals surface area contributed by atoms with Gasteiger partial charge in [-0.05, 0) is 68.6 Å². The summed E-state index contributed by atoms with van der Waals surface area (Å²) in [5, 5.41) is 0. The summed E-state index contributed by atoms with van der Waals surface area (Å²) < 4.78 is 13.0. The Labute approximate surface area is 145 Å². The highest BCUT2D eigenvalue weighted by Gasteiger charge is 2.42. The Morgan fingerprint density at radius 2 is 1.33 bits per heavy atom. The van der Waals surface area contributed by atoms with Crippen LogP contribution in [0.5, 0.6) is 0 Å². The lowest BCUT2D eigenvalue weighted by atomic mass is 9.71. The first-order chi connectivity index (χ1) is 11.8. The minimum absolute atomic E-state index is 0.411. The second-order valence-electron chi connectivity index (χ2n) is 7.38. The molecule has 124 valence electrons. The average molecular weight is 338 g/mol. The molecule has 2 aromatic carbocycles. The molecule has 2 bridgehead atoms. The van der Waals surface area contributed by atoms with E-state index in [1.165, 1.54) is 38.9 Å². The lowest BCUT2D eigenvalue weighted by Gasteiger charge is -2.51. The molecule has 0 saturated carbocycles. The zero-order valence-electron chi connectivity index (χ0n) is 13.8. The van der Waals surface area contributed by atoms with Gasteiger partial charge in [0.15, 0.2) is 0 Å². The van der Waals surface area contributed by atoms with Crippen LogP contribution in [0.4, 0.5) is 11.4 Å². The van der Waals surface area contributed by atoms with Crippen LogP contribution in [-0.2, 0) is 10.8 Å². The molecule has 6 rings (SSSR count). The number of fused-ring (bicyclic) bond motifs is 5. The molecular formula is C20H22N2OS. The summed E-state index contributed by atoms with van der Waals surface area (Å²) in [6.45, 7) is 4.77. The molecule has 0 aliphatic carbocycles. The van der Waals surface area contributed by atoms with E-state index in [2.05, 4.69) is 34.1 Å². The number of rotatable bonds is 2. The Morgan fingerprint density at radius 3 is 1.88 bits per heavy atom. The predicted octanol–water partition coefficient (Wildman–Crippen LogP) is 3.79. The van der Waals surface area contributed by atoms with Crippen molar-refractivity contribution >= 4 is 22.2 Å². The lowest BCUT2D eigenvalue weighted by molar-refractivity contribution is 0.0329. The van der Waals surface area contributed by atoms with Gasteiger partial charge in [0.1, 0.15) is 0 Å². The zero-order valence-corrected chi connectivity index (χ0v) is 14.6. The van der Waals surface area contributed by atoms with Crippen LogP contribution in [0, 0.1) is 5.41 Å². The van der Waals surface area contributed by atoms with Gasteiger partial charge in [-0.1, -0.05) is 24.3 Å². The zero-order chi connectivity index (χ0) is 16.1. The van der Waals surface area contributed by atoms with Gasteiger partial charge in [-0.2, -0.15) is 0 Å². The van der Waals surface area contributed by atoms with E-state index >= 15 is 0 Å². The first kappa shape index (κ1) is 14.7. The molecule has 3 nitrogen and oxygen atoms in total. The minimum Gasteiger partial charge on any atom is -0.339 e. The maximum absolute atomic E-state index is 13.0. The molecule has 4 heterocycles. The molecule has 0 radical (unpaired) electrons. The highest BCUT2D eigenvalue weighted by Crippen LogP contribution is 2.47. The van der Waals surface area contributed by atoms with Crippen molar-refractivity contribution in [2.75, 3.05) is 31.1 Å². The van der Waals surface area contributed by atoms with Crippen molar-refractivity contribution in [2.45, 2.75) is 29.1 Å². The van der Waals surface area contributed by atoms with Gasteiger partial charge in [-0.3, -0.25) is 0 Å². The first-order valence-corrected chi connectivity index (χ1v) is 10.0. The third-order valence-corrected chi connectivity index (χ3v) is 7.57. The van der Waals surface area contributed by atoms with Crippen molar-refractivity contribution in [3.63, 3.8) is 0 Å². The molecule has 3 saturated heterocycles. The van der Waals surface area contributed by atoms with Crippen molar-refractivity contribution in [1.82, 2.24) is 4.90 Å². The fraction of sp³-hybridized carbons (Fsp3) is 0.400. The monoisotopic (exact) mass is 338 g/mol. The van der Waals surface area contributed by atoms with Crippen molar-refractivity contribution in [1.29, 1.82) is 0 Å². The van der Waals surface area contributed by atoms with Crippen LogP contribution >= 0.6 is 0 Å². The molecule has 0 aromatic heterocycles. The van der Waals surface area contributed by atoms with Crippen molar-refractivity contribution in [3.05, 3.63) is 48.5 Å². The third-order valence-electron chi connectivity index (χ3n) is 6.08. The van der Waals surface area contributed by atoms with Crippen molar-refractivity contribution < 1.29 is 4.21 Å².